The van der Waals surface area contributed by atoms with Gasteiger partial charge in [0, 0.05) is 5.56 Å². The van der Waals surface area contributed by atoms with Gasteiger partial charge in [-0.25, -0.2) is 14.6 Å². The van der Waals surface area contributed by atoms with Crippen molar-refractivity contribution in [1.82, 2.24) is 19.7 Å². The quantitative estimate of drug-likeness (QED) is 0.459. The van der Waals surface area contributed by atoms with Gasteiger partial charge in [-0.3, -0.25) is 0 Å². The number of hydrogen-bond donors (Lipinski definition) is 3. The van der Waals surface area contributed by atoms with Crippen LogP contribution in [0.15, 0.2) is 60.9 Å². The maximum Gasteiger partial charge on any atom is 0.164 e. The van der Waals surface area contributed by atoms with Crippen LogP contribution in [0.2, 0.25) is 0 Å². The van der Waals surface area contributed by atoms with Gasteiger partial charge in [0.1, 0.15) is 47.6 Å². The third-order valence-corrected chi connectivity index (χ3v) is 5.30. The minimum absolute atomic E-state index is 0.0731. The van der Waals surface area contributed by atoms with Crippen LogP contribution in [0.25, 0.3) is 22.3 Å². The molecule has 4 N–H and O–H groups in total. The van der Waals surface area contributed by atoms with Crippen molar-refractivity contribution in [1.29, 1.82) is 0 Å². The Morgan fingerprint density at radius 2 is 1.71 bits per heavy atom. The average molecular weight is 419 g/mol. The molecule has 158 valence electrons. The smallest absolute Gasteiger partial charge is 0.164 e. The molecule has 1 aliphatic heterocycles. The van der Waals surface area contributed by atoms with Crippen LogP contribution >= 0.6 is 0 Å². The summed E-state index contributed by atoms with van der Waals surface area (Å²) in [5.74, 6) is 1.71. The number of hydrogen-bond acceptors (Lipinski definition) is 8. The van der Waals surface area contributed by atoms with Gasteiger partial charge in [0.05, 0.1) is 18.6 Å². The fraction of sp³-hybridized carbons (Fsp3) is 0.227. The molecular weight excluding hydrogens is 398 g/mol. The van der Waals surface area contributed by atoms with Crippen molar-refractivity contribution >= 4 is 16.9 Å². The van der Waals surface area contributed by atoms with E-state index in [0.29, 0.717) is 22.5 Å². The molecule has 3 heterocycles. The maximum atomic E-state index is 10.5. The van der Waals surface area contributed by atoms with E-state index in [4.69, 9.17) is 15.2 Å². The zero-order chi connectivity index (χ0) is 21.4. The molecule has 0 radical (unpaired) electrons. The van der Waals surface area contributed by atoms with Crippen molar-refractivity contribution in [3.63, 3.8) is 0 Å². The number of ether oxygens (including phenoxy) is 2. The van der Waals surface area contributed by atoms with Crippen LogP contribution in [-0.2, 0) is 4.74 Å². The fourth-order valence-corrected chi connectivity index (χ4v) is 3.71. The number of aliphatic hydroxyl groups is 2. The second-order valence-electron chi connectivity index (χ2n) is 7.35. The number of benzene rings is 2. The van der Waals surface area contributed by atoms with Crippen molar-refractivity contribution in [3.05, 3.63) is 60.9 Å². The molecule has 2 aromatic carbocycles. The third kappa shape index (κ3) is 3.59. The van der Waals surface area contributed by atoms with Crippen LogP contribution in [0.5, 0.6) is 11.5 Å². The van der Waals surface area contributed by atoms with Gasteiger partial charge in [-0.1, -0.05) is 18.2 Å². The lowest BCUT2D eigenvalue weighted by Crippen LogP contribution is -2.45. The van der Waals surface area contributed by atoms with Gasteiger partial charge >= 0.3 is 0 Å². The van der Waals surface area contributed by atoms with Crippen LogP contribution in [0.1, 0.15) is 6.04 Å². The number of anilines is 1. The van der Waals surface area contributed by atoms with Crippen LogP contribution in [-0.4, -0.2) is 55.4 Å². The van der Waals surface area contributed by atoms with Crippen LogP contribution in [0, 0.1) is 0 Å². The lowest BCUT2D eigenvalue weighted by atomic mass is 10.0. The summed E-state index contributed by atoms with van der Waals surface area (Å²) in [6.45, 7) is 0.270. The maximum absolute atomic E-state index is 10.5. The second kappa shape index (κ2) is 7.95. The zero-order valence-corrected chi connectivity index (χ0v) is 16.5. The Hall–Kier alpha value is -3.53. The number of para-hydroxylation sites is 1. The lowest BCUT2D eigenvalue weighted by molar-refractivity contribution is -0.116. The highest BCUT2D eigenvalue weighted by Gasteiger charge is 2.35. The first-order valence-electron chi connectivity index (χ1n) is 9.87. The first kappa shape index (κ1) is 19.4. The molecule has 3 atom stereocenters. The minimum Gasteiger partial charge on any atom is -0.457 e. The topological polar surface area (TPSA) is 129 Å². The summed E-state index contributed by atoms with van der Waals surface area (Å²) in [6, 6.07) is 16.3. The Bertz CT molecular complexity index is 1200. The molecular formula is C22H21N5O4. The number of aromatic nitrogens is 4. The van der Waals surface area contributed by atoms with E-state index in [1.807, 2.05) is 54.6 Å². The van der Waals surface area contributed by atoms with Crippen molar-refractivity contribution < 1.29 is 19.7 Å². The predicted molar refractivity (Wildman–Crippen MR) is 114 cm³/mol. The molecule has 0 bridgehead atoms. The number of nitrogens with two attached hydrogens (primary N) is 1. The van der Waals surface area contributed by atoms with E-state index in [1.165, 1.54) is 6.33 Å². The van der Waals surface area contributed by atoms with Gasteiger partial charge in [0.2, 0.25) is 0 Å². The Morgan fingerprint density at radius 1 is 0.968 bits per heavy atom. The van der Waals surface area contributed by atoms with E-state index in [-0.39, 0.29) is 19.0 Å². The minimum atomic E-state index is -1.04. The molecule has 31 heavy (non-hydrogen) atoms. The summed E-state index contributed by atoms with van der Waals surface area (Å²) < 4.78 is 12.8. The number of nitrogen functional groups attached to an aromatic ring is 1. The standard InChI is InChI=1S/C22H21N5O4/c23-21-18-19(13-6-8-15(9-7-13)31-14-4-2-1-3-5-14)26-27(22(18)25-12-24-21)16-10-30-11-17(28)20(16)29/h1-9,12,16-17,20,28-29H,10-11H2,(H2,23,24,25)/t16-,17?,20?/m1/s1. The molecule has 0 spiro atoms. The summed E-state index contributed by atoms with van der Waals surface area (Å²) >= 11 is 0. The Labute approximate surface area is 177 Å². The SMILES string of the molecule is Nc1ncnc2c1c(-c1ccc(Oc3ccccc3)cc1)nn2[C@@H]1COCC(O)C1O. The third-order valence-electron chi connectivity index (χ3n) is 5.30. The van der Waals surface area contributed by atoms with Gasteiger partial charge in [-0.15, -0.1) is 0 Å². The molecule has 1 fully saturated rings. The van der Waals surface area contributed by atoms with Crippen molar-refractivity contribution in [3.8, 4) is 22.8 Å². The normalized spacial score (nSPS) is 21.3. The van der Waals surface area contributed by atoms with Crippen molar-refractivity contribution in [2.45, 2.75) is 18.2 Å². The van der Waals surface area contributed by atoms with Crippen molar-refractivity contribution in [2.24, 2.45) is 0 Å². The Balaban J connectivity index is 1.54. The molecule has 2 aromatic heterocycles. The molecule has 0 saturated carbocycles. The first-order chi connectivity index (χ1) is 15.1. The summed E-state index contributed by atoms with van der Waals surface area (Å²) in [6.07, 6.45) is -0.694. The van der Waals surface area contributed by atoms with E-state index < -0.39 is 18.2 Å². The summed E-state index contributed by atoms with van der Waals surface area (Å²) in [4.78, 5) is 8.44. The average Bonchev–Trinajstić information content (AvgIpc) is 3.18. The number of nitrogens with zero attached hydrogens (tertiary/aromatic N) is 4. The molecule has 1 saturated heterocycles. The monoisotopic (exact) mass is 419 g/mol. The van der Waals surface area contributed by atoms with Gasteiger partial charge in [0.25, 0.3) is 0 Å². The van der Waals surface area contributed by atoms with Gasteiger partial charge in [-0.2, -0.15) is 5.10 Å². The van der Waals surface area contributed by atoms with Crippen LogP contribution in [0.4, 0.5) is 5.82 Å². The molecule has 9 heteroatoms. The molecule has 5 rings (SSSR count). The lowest BCUT2D eigenvalue weighted by Gasteiger charge is -2.31. The number of rotatable bonds is 4. The highest BCUT2D eigenvalue weighted by atomic mass is 16.5. The Kier molecular flexibility index (Phi) is 4.99. The van der Waals surface area contributed by atoms with Gasteiger partial charge in [-0.05, 0) is 36.4 Å². The van der Waals surface area contributed by atoms with Gasteiger partial charge in [0.15, 0.2) is 5.65 Å². The molecule has 1 aliphatic rings. The number of fused-ring (bicyclic) bond motifs is 1. The molecule has 2 unspecified atom stereocenters. The molecule has 4 aromatic rings. The second-order valence-corrected chi connectivity index (χ2v) is 7.35. The van der Waals surface area contributed by atoms with Crippen molar-refractivity contribution in [2.75, 3.05) is 18.9 Å². The van der Waals surface area contributed by atoms with E-state index in [1.54, 1.807) is 4.68 Å². The summed E-state index contributed by atoms with van der Waals surface area (Å²) in [5, 5.41) is 25.8. The van der Waals surface area contributed by atoms with E-state index in [9.17, 15) is 10.2 Å². The summed E-state index contributed by atoms with van der Waals surface area (Å²) in [7, 11) is 0. The van der Waals surface area contributed by atoms with E-state index in [2.05, 4.69) is 15.1 Å². The van der Waals surface area contributed by atoms with E-state index in [0.717, 1.165) is 11.3 Å². The Morgan fingerprint density at radius 3 is 2.48 bits per heavy atom. The largest absolute Gasteiger partial charge is 0.457 e. The van der Waals surface area contributed by atoms with E-state index >= 15 is 0 Å². The summed E-state index contributed by atoms with van der Waals surface area (Å²) in [5.41, 5.74) is 7.99. The number of aliphatic hydroxyl groups excluding tert-OH is 2. The van der Waals surface area contributed by atoms with Crippen LogP contribution < -0.4 is 10.5 Å². The fourth-order valence-electron chi connectivity index (χ4n) is 3.71. The predicted octanol–water partition coefficient (Wildman–Crippen LogP) is 2.16. The first-order valence-corrected chi connectivity index (χ1v) is 9.87. The highest BCUT2D eigenvalue weighted by Crippen LogP contribution is 2.34. The molecule has 0 aliphatic carbocycles. The highest BCUT2D eigenvalue weighted by molar-refractivity contribution is 5.98. The van der Waals surface area contributed by atoms with Crippen LogP contribution in [0.3, 0.4) is 0 Å². The molecule has 9 nitrogen and oxygen atoms in total. The zero-order valence-electron chi connectivity index (χ0n) is 16.5. The molecule has 0 amide bonds. The van der Waals surface area contributed by atoms with Gasteiger partial charge < -0.3 is 25.4 Å².